The van der Waals surface area contributed by atoms with Crippen LogP contribution in [0.15, 0.2) is 67.0 Å². The quantitative estimate of drug-likeness (QED) is 0.408. The molecule has 3 heterocycles. The van der Waals surface area contributed by atoms with E-state index < -0.39 is 23.8 Å². The SMILES string of the molecule is O=C(Nc1cc(F)cc(OC(F)(F)F)c1)c1ccc2c(c1)N(Cc1cnc3ccccn13)CC2. The van der Waals surface area contributed by atoms with Crippen LogP contribution < -0.4 is 15.0 Å². The van der Waals surface area contributed by atoms with Crippen molar-refractivity contribution in [2.24, 2.45) is 0 Å². The molecule has 0 saturated heterocycles. The third-order valence-electron chi connectivity index (χ3n) is 5.55. The van der Waals surface area contributed by atoms with Gasteiger partial charge < -0.3 is 19.4 Å². The van der Waals surface area contributed by atoms with Crippen LogP contribution in [-0.4, -0.2) is 28.2 Å². The predicted molar refractivity (Wildman–Crippen MR) is 117 cm³/mol. The molecule has 0 atom stereocenters. The summed E-state index contributed by atoms with van der Waals surface area (Å²) in [6.07, 6.45) is -0.405. The third kappa shape index (κ3) is 4.52. The van der Waals surface area contributed by atoms with Crippen LogP contribution in [0.4, 0.5) is 28.9 Å². The molecule has 5 rings (SSSR count). The average molecular weight is 470 g/mol. The number of anilines is 2. The van der Waals surface area contributed by atoms with Gasteiger partial charge >= 0.3 is 6.36 Å². The predicted octanol–water partition coefficient (Wildman–Crippen LogP) is 5.19. The van der Waals surface area contributed by atoms with Gasteiger partial charge in [0.05, 0.1) is 18.4 Å². The Kier molecular flexibility index (Phi) is 5.35. The number of hydrogen-bond donors (Lipinski definition) is 1. The lowest BCUT2D eigenvalue weighted by Crippen LogP contribution is -2.21. The van der Waals surface area contributed by atoms with Gasteiger partial charge in [0.15, 0.2) is 0 Å². The van der Waals surface area contributed by atoms with E-state index in [0.29, 0.717) is 18.2 Å². The normalized spacial score (nSPS) is 13.2. The van der Waals surface area contributed by atoms with E-state index in [1.807, 2.05) is 41.1 Å². The van der Waals surface area contributed by atoms with Crippen LogP contribution in [0.5, 0.6) is 5.75 Å². The van der Waals surface area contributed by atoms with Crippen LogP contribution in [-0.2, 0) is 13.0 Å². The topological polar surface area (TPSA) is 58.9 Å². The van der Waals surface area contributed by atoms with E-state index in [-0.39, 0.29) is 5.69 Å². The summed E-state index contributed by atoms with van der Waals surface area (Å²) >= 11 is 0. The fraction of sp³-hybridized carbons (Fsp3) is 0.167. The molecule has 174 valence electrons. The number of halogens is 4. The number of rotatable bonds is 5. The summed E-state index contributed by atoms with van der Waals surface area (Å²) in [5.74, 6) is -2.30. The zero-order valence-corrected chi connectivity index (χ0v) is 17.6. The van der Waals surface area contributed by atoms with Crippen LogP contribution in [0.2, 0.25) is 0 Å². The molecular formula is C24H18F4N4O2. The van der Waals surface area contributed by atoms with Crippen LogP contribution in [0.25, 0.3) is 5.65 Å². The molecule has 0 radical (unpaired) electrons. The molecule has 0 saturated carbocycles. The molecule has 0 aliphatic carbocycles. The highest BCUT2D eigenvalue weighted by Gasteiger charge is 2.31. The largest absolute Gasteiger partial charge is 0.573 e. The van der Waals surface area contributed by atoms with E-state index in [4.69, 9.17) is 0 Å². The van der Waals surface area contributed by atoms with Crippen molar-refractivity contribution in [3.05, 3.63) is 89.6 Å². The molecule has 2 aromatic heterocycles. The monoisotopic (exact) mass is 470 g/mol. The van der Waals surface area contributed by atoms with Crippen molar-refractivity contribution in [3.8, 4) is 5.75 Å². The van der Waals surface area contributed by atoms with Gasteiger partial charge in [0, 0.05) is 41.8 Å². The van der Waals surface area contributed by atoms with Gasteiger partial charge in [-0.05, 0) is 42.3 Å². The number of ether oxygens (including phenoxy) is 1. The van der Waals surface area contributed by atoms with E-state index in [9.17, 15) is 22.4 Å². The number of imidazole rings is 1. The number of amides is 1. The van der Waals surface area contributed by atoms with Crippen molar-refractivity contribution in [1.82, 2.24) is 9.38 Å². The van der Waals surface area contributed by atoms with Gasteiger partial charge in [0.1, 0.15) is 17.2 Å². The summed E-state index contributed by atoms with van der Waals surface area (Å²) in [4.78, 5) is 19.3. The lowest BCUT2D eigenvalue weighted by atomic mass is 10.1. The molecule has 0 unspecified atom stereocenters. The van der Waals surface area contributed by atoms with E-state index in [1.54, 1.807) is 12.1 Å². The van der Waals surface area contributed by atoms with Crippen molar-refractivity contribution in [2.45, 2.75) is 19.3 Å². The molecule has 2 aromatic carbocycles. The highest BCUT2D eigenvalue weighted by atomic mass is 19.4. The summed E-state index contributed by atoms with van der Waals surface area (Å²) < 4.78 is 57.0. The van der Waals surface area contributed by atoms with E-state index in [0.717, 1.165) is 47.7 Å². The molecule has 1 N–H and O–H groups in total. The maximum absolute atomic E-state index is 13.8. The standard InChI is InChI=1S/C24H18F4N4O2/c25-17-10-18(12-20(11-17)34-24(26,27)28)30-23(33)16-5-4-15-6-8-31(21(15)9-16)14-19-13-29-22-3-1-2-7-32(19)22/h1-5,7,9-13H,6,8,14H2,(H,30,33). The van der Waals surface area contributed by atoms with Crippen molar-refractivity contribution >= 4 is 22.9 Å². The van der Waals surface area contributed by atoms with Crippen LogP contribution in [0.3, 0.4) is 0 Å². The van der Waals surface area contributed by atoms with E-state index >= 15 is 0 Å². The van der Waals surface area contributed by atoms with Gasteiger partial charge in [-0.25, -0.2) is 9.37 Å². The highest BCUT2D eigenvalue weighted by Crippen LogP contribution is 2.31. The van der Waals surface area contributed by atoms with Crippen molar-refractivity contribution in [1.29, 1.82) is 0 Å². The van der Waals surface area contributed by atoms with Crippen molar-refractivity contribution < 1.29 is 27.1 Å². The number of pyridine rings is 1. The van der Waals surface area contributed by atoms with E-state index in [2.05, 4.69) is 19.9 Å². The van der Waals surface area contributed by atoms with Crippen molar-refractivity contribution in [2.75, 3.05) is 16.8 Å². The number of alkyl halides is 3. The highest BCUT2D eigenvalue weighted by molar-refractivity contribution is 6.05. The maximum Gasteiger partial charge on any atom is 0.573 e. The second-order valence-corrected chi connectivity index (χ2v) is 7.87. The molecule has 1 amide bonds. The second-order valence-electron chi connectivity index (χ2n) is 7.87. The maximum atomic E-state index is 13.8. The summed E-state index contributed by atoms with van der Waals surface area (Å²) in [5.41, 5.74) is 3.96. The van der Waals surface area contributed by atoms with Crippen LogP contribution in [0, 0.1) is 5.82 Å². The number of nitrogens with zero attached hydrogens (tertiary/aromatic N) is 3. The zero-order valence-electron chi connectivity index (χ0n) is 17.6. The summed E-state index contributed by atoms with van der Waals surface area (Å²) in [6, 6.07) is 13.4. The molecular weight excluding hydrogens is 452 g/mol. The number of carbonyl (C=O) groups is 1. The van der Waals surface area contributed by atoms with Gasteiger partial charge in [0.25, 0.3) is 5.91 Å². The Labute approximate surface area is 191 Å². The number of nitrogens with one attached hydrogen (secondary N) is 1. The zero-order chi connectivity index (χ0) is 23.9. The molecule has 4 aromatic rings. The fourth-order valence-electron chi connectivity index (χ4n) is 4.08. The van der Waals surface area contributed by atoms with Crippen molar-refractivity contribution in [3.63, 3.8) is 0 Å². The molecule has 6 nitrogen and oxygen atoms in total. The smallest absolute Gasteiger partial charge is 0.406 e. The Morgan fingerprint density at radius 2 is 1.97 bits per heavy atom. The van der Waals surface area contributed by atoms with Gasteiger partial charge in [0.2, 0.25) is 0 Å². The minimum atomic E-state index is -4.97. The molecule has 0 bridgehead atoms. The first-order valence-corrected chi connectivity index (χ1v) is 10.4. The lowest BCUT2D eigenvalue weighted by Gasteiger charge is -2.20. The number of carbonyl (C=O) groups excluding carboxylic acids is 1. The molecule has 10 heteroatoms. The number of aromatic nitrogens is 2. The Bertz CT molecular complexity index is 1380. The first kappa shape index (κ1) is 21.7. The molecule has 0 fully saturated rings. The number of benzene rings is 2. The molecule has 1 aliphatic rings. The molecule has 0 spiro atoms. The fourth-order valence-corrected chi connectivity index (χ4v) is 4.08. The van der Waals surface area contributed by atoms with Gasteiger partial charge in [-0.15, -0.1) is 13.2 Å². The van der Waals surface area contributed by atoms with Gasteiger partial charge in [-0.2, -0.15) is 0 Å². The Balaban J connectivity index is 1.36. The summed E-state index contributed by atoms with van der Waals surface area (Å²) in [7, 11) is 0. The minimum absolute atomic E-state index is 0.146. The van der Waals surface area contributed by atoms with Gasteiger partial charge in [-0.1, -0.05) is 12.1 Å². The van der Waals surface area contributed by atoms with Gasteiger partial charge in [-0.3, -0.25) is 4.79 Å². The Morgan fingerprint density at radius 3 is 2.79 bits per heavy atom. The molecule has 34 heavy (non-hydrogen) atoms. The average Bonchev–Trinajstić information content (AvgIpc) is 3.36. The Morgan fingerprint density at radius 1 is 1.12 bits per heavy atom. The summed E-state index contributed by atoms with van der Waals surface area (Å²) in [6.45, 7) is 1.35. The van der Waals surface area contributed by atoms with Crippen LogP contribution >= 0.6 is 0 Å². The molecule has 1 aliphatic heterocycles. The number of hydrogen-bond acceptors (Lipinski definition) is 4. The first-order valence-electron chi connectivity index (χ1n) is 10.4. The third-order valence-corrected chi connectivity index (χ3v) is 5.55. The Hall–Kier alpha value is -4.08. The minimum Gasteiger partial charge on any atom is -0.406 e. The van der Waals surface area contributed by atoms with E-state index in [1.165, 1.54) is 0 Å². The summed E-state index contributed by atoms with van der Waals surface area (Å²) in [5, 5.41) is 2.44. The first-order chi connectivity index (χ1) is 16.2. The second kappa shape index (κ2) is 8.36. The lowest BCUT2D eigenvalue weighted by molar-refractivity contribution is -0.274. The number of fused-ring (bicyclic) bond motifs is 2. The van der Waals surface area contributed by atoms with Crippen LogP contribution in [0.1, 0.15) is 21.6 Å².